The first-order chi connectivity index (χ1) is 29.2. The van der Waals surface area contributed by atoms with E-state index in [1.165, 1.54) is 95.6 Å². The van der Waals surface area contributed by atoms with Crippen molar-refractivity contribution in [1.29, 1.82) is 0 Å². The van der Waals surface area contributed by atoms with Crippen LogP contribution in [-0.2, 0) is 58.4 Å². The molecule has 1 saturated carbocycles. The van der Waals surface area contributed by atoms with Gasteiger partial charge in [-0.1, -0.05) is 82.8 Å². The van der Waals surface area contributed by atoms with Crippen molar-refractivity contribution in [3.8, 4) is 0 Å². The summed E-state index contributed by atoms with van der Waals surface area (Å²) in [5.74, 6) is 1.99. The Bertz CT molecular complexity index is 1680. The lowest BCUT2D eigenvalue weighted by molar-refractivity contribution is -0.141. The number of rotatable bonds is 24. The number of likely N-dealkylation sites (tertiary alicyclic amines) is 2. The smallest absolute Gasteiger partial charge is 0.302 e. The summed E-state index contributed by atoms with van der Waals surface area (Å²) < 4.78 is 22.2. The highest BCUT2D eigenvalue weighted by molar-refractivity contribution is 6.76. The molecule has 11 nitrogen and oxygen atoms in total. The van der Waals surface area contributed by atoms with Gasteiger partial charge in [0.25, 0.3) is 0 Å². The minimum Gasteiger partial charge on any atom is -0.465 e. The third-order valence-corrected chi connectivity index (χ3v) is 16.9. The Morgan fingerprint density at radius 1 is 0.787 bits per heavy atom. The number of ether oxygens (including phenoxy) is 3. The number of imidazole rings is 2. The van der Waals surface area contributed by atoms with Crippen LogP contribution in [0.5, 0.6) is 0 Å². The molecule has 1 aliphatic carbocycles. The largest absolute Gasteiger partial charge is 0.465 e. The van der Waals surface area contributed by atoms with Crippen molar-refractivity contribution < 1.29 is 19.0 Å². The Hall–Kier alpha value is -2.66. The molecular weight excluding hydrogens is 795 g/mol. The quantitative estimate of drug-likeness (QED) is 0.0498. The third kappa shape index (κ3) is 16.1. The second-order valence-electron chi connectivity index (χ2n) is 21.3. The summed E-state index contributed by atoms with van der Waals surface area (Å²) in [4.78, 5) is 29.6. The second-order valence-corrected chi connectivity index (χ2v) is 32.5. The van der Waals surface area contributed by atoms with Crippen LogP contribution in [0.3, 0.4) is 0 Å². The molecule has 0 unspecified atom stereocenters. The molecule has 2 aromatic heterocycles. The third-order valence-electron chi connectivity index (χ3n) is 13.5. The molecule has 3 aliphatic rings. The highest BCUT2D eigenvalue weighted by atomic mass is 28.3. The molecule has 4 heterocycles. The normalized spacial score (nSPS) is 18.2. The summed E-state index contributed by atoms with van der Waals surface area (Å²) in [6.45, 7) is 27.0. The fourth-order valence-electron chi connectivity index (χ4n) is 9.66. The number of nitrogens with zero attached hydrogens (tertiary/aromatic N) is 7. The Balaban J connectivity index is 1.10. The molecule has 6 rings (SSSR count). The van der Waals surface area contributed by atoms with E-state index in [0.717, 1.165) is 75.5 Å². The summed E-state index contributed by atoms with van der Waals surface area (Å²) >= 11 is 0. The van der Waals surface area contributed by atoms with Crippen LogP contribution in [0.25, 0.3) is 0 Å². The Morgan fingerprint density at radius 2 is 1.34 bits per heavy atom. The average molecular weight is 876 g/mol. The van der Waals surface area contributed by atoms with E-state index in [2.05, 4.69) is 87.4 Å². The monoisotopic (exact) mass is 876 g/mol. The zero-order valence-electron chi connectivity index (χ0n) is 39.2. The van der Waals surface area contributed by atoms with E-state index >= 15 is 0 Å². The van der Waals surface area contributed by atoms with Gasteiger partial charge in [0.15, 0.2) is 0 Å². The highest BCUT2D eigenvalue weighted by Gasteiger charge is 2.41. The zero-order chi connectivity index (χ0) is 43.3. The lowest BCUT2D eigenvalue weighted by Crippen LogP contribution is -2.46. The minimum atomic E-state index is -1.19. The van der Waals surface area contributed by atoms with E-state index in [1.807, 2.05) is 24.8 Å². The number of hydrogen-bond donors (Lipinski definition) is 0. The maximum absolute atomic E-state index is 11.9. The van der Waals surface area contributed by atoms with Crippen LogP contribution in [-0.4, -0.2) is 121 Å². The van der Waals surface area contributed by atoms with Gasteiger partial charge in [-0.2, -0.15) is 0 Å². The number of benzene rings is 1. The number of hydrogen-bond acceptors (Lipinski definition) is 9. The van der Waals surface area contributed by atoms with E-state index in [0.29, 0.717) is 32.0 Å². The van der Waals surface area contributed by atoms with Crippen molar-refractivity contribution in [3.05, 3.63) is 71.8 Å². The van der Waals surface area contributed by atoms with Crippen LogP contribution in [0.15, 0.2) is 49.1 Å². The van der Waals surface area contributed by atoms with E-state index in [-0.39, 0.29) is 11.9 Å². The summed E-state index contributed by atoms with van der Waals surface area (Å²) in [7, 11) is -2.37. The van der Waals surface area contributed by atoms with E-state index < -0.39 is 16.1 Å². The topological polar surface area (TPSA) is 90.1 Å². The van der Waals surface area contributed by atoms with Gasteiger partial charge in [0, 0.05) is 113 Å². The maximum Gasteiger partial charge on any atom is 0.302 e. The molecule has 3 aromatic rings. The molecule has 2 aliphatic heterocycles. The summed E-state index contributed by atoms with van der Waals surface area (Å²) in [6, 6.07) is 12.4. The van der Waals surface area contributed by atoms with Gasteiger partial charge < -0.3 is 28.2 Å². The highest BCUT2D eigenvalue weighted by Crippen LogP contribution is 2.42. The van der Waals surface area contributed by atoms with Gasteiger partial charge in [-0.05, 0) is 86.3 Å². The van der Waals surface area contributed by atoms with Gasteiger partial charge in [-0.15, -0.1) is 0 Å². The van der Waals surface area contributed by atoms with E-state index in [1.54, 1.807) is 0 Å². The summed E-state index contributed by atoms with van der Waals surface area (Å²) in [5, 5.41) is 0. The van der Waals surface area contributed by atoms with Crippen molar-refractivity contribution in [1.82, 2.24) is 33.8 Å². The molecule has 340 valence electrons. The van der Waals surface area contributed by atoms with E-state index in [4.69, 9.17) is 24.2 Å². The summed E-state index contributed by atoms with van der Waals surface area (Å²) in [5.41, 5.74) is 3.18. The van der Waals surface area contributed by atoms with Crippen LogP contribution >= 0.6 is 0 Å². The Labute approximate surface area is 370 Å². The van der Waals surface area contributed by atoms with Gasteiger partial charge >= 0.3 is 5.97 Å². The molecule has 0 amide bonds. The number of aromatic nitrogens is 4. The van der Waals surface area contributed by atoms with Crippen LogP contribution in [0, 0.1) is 11.3 Å². The molecule has 0 N–H and O–H groups in total. The number of esters is 1. The fourth-order valence-corrected chi connectivity index (χ4v) is 11.2. The molecule has 13 heteroatoms. The summed E-state index contributed by atoms with van der Waals surface area (Å²) in [6.07, 6.45) is 20.6. The van der Waals surface area contributed by atoms with Crippen LogP contribution in [0.2, 0.25) is 51.4 Å². The Morgan fingerprint density at radius 3 is 1.90 bits per heavy atom. The Kier molecular flexibility index (Phi) is 17.9. The number of carbonyl (C=O) groups excluding carboxylic acids is 1. The molecule has 1 aromatic carbocycles. The lowest BCUT2D eigenvalue weighted by atomic mass is 9.77. The molecular formula is C48H81N7O4Si2. The van der Waals surface area contributed by atoms with Gasteiger partial charge in [0.05, 0.1) is 0 Å². The average Bonchev–Trinajstić information content (AvgIpc) is 3.96. The second kappa shape index (κ2) is 22.8. The van der Waals surface area contributed by atoms with Gasteiger partial charge in [0.2, 0.25) is 0 Å². The first-order valence-electron chi connectivity index (χ1n) is 23.8. The molecule has 0 bridgehead atoms. The molecule has 1 spiro atoms. The van der Waals surface area contributed by atoms with Gasteiger partial charge in [0.1, 0.15) is 31.7 Å². The fraction of sp³-hybridized carbons (Fsp3) is 0.729. The van der Waals surface area contributed by atoms with Crippen molar-refractivity contribution in [2.24, 2.45) is 11.3 Å². The standard InChI is InChI=1S/C48H81N7O4Si2/c1-41(56)59-28-27-51(35-42-13-15-43(16-14-42)36-52-22-17-48(38-52)18-23-53(24-19-48)45-11-9-8-10-12-45)37-44(33-46-49-20-25-54(46)39-57-29-31-60(2,3)4)34-47-50-21-26-55(47)40-58-30-32-61(5,6)7/h13-16,20-21,25-26,44-45H,8-12,17-19,22-24,27-40H2,1-7H3. The van der Waals surface area contributed by atoms with Crippen LogP contribution in [0.4, 0.5) is 0 Å². The van der Waals surface area contributed by atoms with Crippen molar-refractivity contribution in [2.75, 3.05) is 59.1 Å². The van der Waals surface area contributed by atoms with Crippen molar-refractivity contribution in [2.45, 2.75) is 155 Å². The number of piperidine rings is 1. The zero-order valence-corrected chi connectivity index (χ0v) is 41.2. The molecule has 3 fully saturated rings. The molecule has 61 heavy (non-hydrogen) atoms. The van der Waals surface area contributed by atoms with Gasteiger partial charge in [-0.25, -0.2) is 9.97 Å². The molecule has 0 radical (unpaired) electrons. The minimum absolute atomic E-state index is 0.194. The van der Waals surface area contributed by atoms with Crippen LogP contribution in [0.1, 0.15) is 81.1 Å². The SMILES string of the molecule is CC(=O)OCCN(Cc1ccc(CN2CCC3(CCN(C4CCCCC4)CC3)C2)cc1)CC(Cc1nccn1COCC[Si](C)(C)C)Cc1nccn1COCC[Si](C)(C)C. The maximum atomic E-state index is 11.9. The van der Waals surface area contributed by atoms with E-state index in [9.17, 15) is 4.79 Å². The predicted molar refractivity (Wildman–Crippen MR) is 252 cm³/mol. The van der Waals surface area contributed by atoms with Crippen molar-refractivity contribution in [3.63, 3.8) is 0 Å². The molecule has 2 saturated heterocycles. The first kappa shape index (κ1) is 47.8. The lowest BCUT2D eigenvalue weighted by Gasteiger charge is -2.43. The number of carbonyl (C=O) groups is 1. The van der Waals surface area contributed by atoms with Gasteiger partial charge in [-0.3, -0.25) is 14.6 Å². The van der Waals surface area contributed by atoms with Crippen LogP contribution < -0.4 is 0 Å². The molecule has 0 atom stereocenters. The first-order valence-corrected chi connectivity index (χ1v) is 31.2. The van der Waals surface area contributed by atoms with Crippen molar-refractivity contribution >= 4 is 22.1 Å². The predicted octanol–water partition coefficient (Wildman–Crippen LogP) is 8.79.